The molecular formula is C31H37F4N3O3. The number of likely N-dealkylation sites (tertiary alicyclic amines) is 1. The number of carboxylic acids is 1. The Morgan fingerprint density at radius 3 is 2.44 bits per heavy atom. The highest BCUT2D eigenvalue weighted by Gasteiger charge is 2.37. The molecule has 0 radical (unpaired) electrons. The third kappa shape index (κ3) is 7.28. The molecule has 1 saturated heterocycles. The number of hydrogen-bond acceptors (Lipinski definition) is 5. The summed E-state index contributed by atoms with van der Waals surface area (Å²) >= 11 is 0. The van der Waals surface area contributed by atoms with Gasteiger partial charge in [-0.15, -0.1) is 0 Å². The quantitative estimate of drug-likeness (QED) is 0.242. The average molecular weight is 576 g/mol. The number of anilines is 1. The maximum absolute atomic E-state index is 16.1. The summed E-state index contributed by atoms with van der Waals surface area (Å²) in [5, 5.41) is 10.4. The summed E-state index contributed by atoms with van der Waals surface area (Å²) in [5.74, 6) is -3.03. The number of alkyl halides is 1. The van der Waals surface area contributed by atoms with Gasteiger partial charge in [0, 0.05) is 42.7 Å². The number of hydrogen-bond donors (Lipinski definition) is 1. The molecule has 3 aromatic rings. The van der Waals surface area contributed by atoms with Crippen molar-refractivity contribution in [2.45, 2.75) is 51.1 Å². The Labute approximate surface area is 237 Å². The Hall–Kier alpha value is -3.40. The molecule has 4 rings (SSSR count). The van der Waals surface area contributed by atoms with Gasteiger partial charge in [0.15, 0.2) is 0 Å². The van der Waals surface area contributed by atoms with Crippen LogP contribution < -0.4 is 9.64 Å². The molecule has 0 bridgehead atoms. The van der Waals surface area contributed by atoms with Gasteiger partial charge < -0.3 is 19.6 Å². The molecule has 1 aliphatic rings. The first-order valence-corrected chi connectivity index (χ1v) is 13.9. The smallest absolute Gasteiger partial charge is 0.303 e. The maximum Gasteiger partial charge on any atom is 0.303 e. The number of aromatic nitrogens is 1. The lowest BCUT2D eigenvalue weighted by Gasteiger charge is -2.41. The van der Waals surface area contributed by atoms with Crippen LogP contribution in [0.5, 0.6) is 5.75 Å². The lowest BCUT2D eigenvalue weighted by atomic mass is 9.71. The van der Waals surface area contributed by atoms with Crippen molar-refractivity contribution in [2.24, 2.45) is 5.41 Å². The van der Waals surface area contributed by atoms with E-state index in [0.717, 1.165) is 0 Å². The highest BCUT2D eigenvalue weighted by molar-refractivity contribution is 5.88. The van der Waals surface area contributed by atoms with Crippen LogP contribution in [-0.4, -0.2) is 61.8 Å². The standard InChI is InChI=1S/C31H37F4N3O3/c1-37(2)28-19-36-27-7-6-21(41-3)17-23(27)30(28)24(33)8-9-31(18-29(39)40)10-13-38(14-11-31)12-4-5-22-25(34)15-20(32)16-26(22)35/h6-7,15-17,19,24H,4-5,8-14,18H2,1-3H3,(H,39,40)/t24-/m1/s1. The maximum atomic E-state index is 16.1. The second-order valence-corrected chi connectivity index (χ2v) is 11.2. The summed E-state index contributed by atoms with van der Waals surface area (Å²) in [5.41, 5.74) is 1.15. The van der Waals surface area contributed by atoms with E-state index in [2.05, 4.69) is 9.88 Å². The van der Waals surface area contributed by atoms with E-state index >= 15 is 4.39 Å². The van der Waals surface area contributed by atoms with Gasteiger partial charge in [0.1, 0.15) is 29.4 Å². The van der Waals surface area contributed by atoms with E-state index in [4.69, 9.17) is 4.74 Å². The number of fused-ring (bicyclic) bond motifs is 1. The SMILES string of the molecule is COc1ccc2ncc(N(C)C)c([C@H](F)CCC3(CC(=O)O)CCN(CCCc4c(F)cc(F)cc4F)CC3)c2c1. The molecule has 1 aliphatic heterocycles. The topological polar surface area (TPSA) is 65.9 Å². The van der Waals surface area contributed by atoms with E-state index in [9.17, 15) is 23.1 Å². The zero-order valence-corrected chi connectivity index (χ0v) is 23.7. The lowest BCUT2D eigenvalue weighted by Crippen LogP contribution is -2.41. The molecule has 1 atom stereocenters. The van der Waals surface area contributed by atoms with Gasteiger partial charge in [-0.1, -0.05) is 0 Å². The van der Waals surface area contributed by atoms with E-state index in [1.807, 2.05) is 19.0 Å². The van der Waals surface area contributed by atoms with Crippen LogP contribution in [0.3, 0.4) is 0 Å². The van der Waals surface area contributed by atoms with Crippen molar-refractivity contribution in [1.29, 1.82) is 0 Å². The Morgan fingerprint density at radius 2 is 1.83 bits per heavy atom. The molecule has 0 aliphatic carbocycles. The number of halogens is 4. The number of piperidine rings is 1. The van der Waals surface area contributed by atoms with E-state index in [-0.39, 0.29) is 24.8 Å². The summed E-state index contributed by atoms with van der Waals surface area (Å²) in [7, 11) is 5.22. The van der Waals surface area contributed by atoms with Gasteiger partial charge in [-0.2, -0.15) is 0 Å². The van der Waals surface area contributed by atoms with Crippen molar-refractivity contribution in [1.82, 2.24) is 9.88 Å². The molecule has 2 aromatic carbocycles. The van der Waals surface area contributed by atoms with Crippen LogP contribution >= 0.6 is 0 Å². The number of benzene rings is 2. The fourth-order valence-electron chi connectivity index (χ4n) is 5.95. The number of carbonyl (C=O) groups is 1. The minimum atomic E-state index is -1.34. The van der Waals surface area contributed by atoms with E-state index < -0.39 is 35.0 Å². The van der Waals surface area contributed by atoms with Crippen LogP contribution in [0.25, 0.3) is 10.9 Å². The fourth-order valence-corrected chi connectivity index (χ4v) is 5.95. The fraction of sp³-hybridized carbons (Fsp3) is 0.484. The summed E-state index contributed by atoms with van der Waals surface area (Å²) in [6, 6.07) is 6.73. The molecule has 0 amide bonds. The first-order valence-electron chi connectivity index (χ1n) is 13.9. The molecule has 41 heavy (non-hydrogen) atoms. The second-order valence-electron chi connectivity index (χ2n) is 11.2. The summed E-state index contributed by atoms with van der Waals surface area (Å²) in [6.45, 7) is 1.79. The van der Waals surface area contributed by atoms with Crippen molar-refractivity contribution >= 4 is 22.6 Å². The molecule has 1 fully saturated rings. The van der Waals surface area contributed by atoms with Crippen LogP contribution in [0, 0.1) is 22.9 Å². The molecule has 1 aromatic heterocycles. The number of rotatable bonds is 12. The minimum absolute atomic E-state index is 0.0506. The summed E-state index contributed by atoms with van der Waals surface area (Å²) in [6.07, 6.45) is 2.61. The predicted octanol–water partition coefficient (Wildman–Crippen LogP) is 6.71. The molecular weight excluding hydrogens is 538 g/mol. The van der Waals surface area contributed by atoms with Crippen molar-refractivity contribution in [3.05, 3.63) is 65.1 Å². The Balaban J connectivity index is 1.43. The Kier molecular flexibility index (Phi) is 9.73. The molecule has 0 saturated carbocycles. The molecule has 2 heterocycles. The van der Waals surface area contributed by atoms with Gasteiger partial charge in [0.05, 0.1) is 30.9 Å². The number of aliphatic carboxylic acids is 1. The van der Waals surface area contributed by atoms with Gasteiger partial charge in [-0.05, 0) is 81.8 Å². The highest BCUT2D eigenvalue weighted by Crippen LogP contribution is 2.44. The Bertz CT molecular complexity index is 1350. The zero-order chi connectivity index (χ0) is 29.7. The van der Waals surface area contributed by atoms with Crippen molar-refractivity contribution in [2.75, 3.05) is 45.7 Å². The monoisotopic (exact) mass is 575 g/mol. The second kappa shape index (κ2) is 13.1. The van der Waals surface area contributed by atoms with Crippen molar-refractivity contribution in [3.63, 3.8) is 0 Å². The molecule has 0 unspecified atom stereocenters. The van der Waals surface area contributed by atoms with Gasteiger partial charge in [0.25, 0.3) is 0 Å². The van der Waals surface area contributed by atoms with Crippen LogP contribution in [0.1, 0.15) is 55.8 Å². The van der Waals surface area contributed by atoms with Crippen LogP contribution in [0.15, 0.2) is 36.5 Å². The zero-order valence-electron chi connectivity index (χ0n) is 23.7. The van der Waals surface area contributed by atoms with Crippen LogP contribution in [-0.2, 0) is 11.2 Å². The lowest BCUT2D eigenvalue weighted by molar-refractivity contribution is -0.141. The van der Waals surface area contributed by atoms with Crippen molar-refractivity contribution < 1.29 is 32.2 Å². The van der Waals surface area contributed by atoms with Gasteiger partial charge in [-0.25, -0.2) is 17.6 Å². The first-order chi connectivity index (χ1) is 19.5. The first kappa shape index (κ1) is 30.6. The number of carboxylic acid groups (broad SMARTS) is 1. The third-order valence-electron chi connectivity index (χ3n) is 8.27. The van der Waals surface area contributed by atoms with Crippen LogP contribution in [0.4, 0.5) is 23.2 Å². The normalized spacial score (nSPS) is 16.1. The predicted molar refractivity (Wildman–Crippen MR) is 151 cm³/mol. The average Bonchev–Trinajstić information content (AvgIpc) is 2.92. The molecule has 0 spiro atoms. The van der Waals surface area contributed by atoms with E-state index in [1.54, 1.807) is 31.5 Å². The Morgan fingerprint density at radius 1 is 1.15 bits per heavy atom. The highest BCUT2D eigenvalue weighted by atomic mass is 19.1. The summed E-state index contributed by atoms with van der Waals surface area (Å²) < 4.78 is 62.6. The van der Waals surface area contributed by atoms with Gasteiger partial charge in [0.2, 0.25) is 0 Å². The minimum Gasteiger partial charge on any atom is -0.497 e. The molecule has 222 valence electrons. The molecule has 1 N–H and O–H groups in total. The summed E-state index contributed by atoms with van der Waals surface area (Å²) in [4.78, 5) is 20.3. The molecule has 6 nitrogen and oxygen atoms in total. The van der Waals surface area contributed by atoms with Crippen molar-refractivity contribution in [3.8, 4) is 5.75 Å². The van der Waals surface area contributed by atoms with E-state index in [1.165, 1.54) is 0 Å². The molecule has 10 heteroatoms. The van der Waals surface area contributed by atoms with Crippen LogP contribution in [0.2, 0.25) is 0 Å². The number of methoxy groups -OCH3 is 1. The number of nitrogens with zero attached hydrogens (tertiary/aromatic N) is 3. The third-order valence-corrected chi connectivity index (χ3v) is 8.27. The number of pyridine rings is 1. The van der Waals surface area contributed by atoms with Gasteiger partial charge in [-0.3, -0.25) is 9.78 Å². The largest absolute Gasteiger partial charge is 0.497 e. The van der Waals surface area contributed by atoms with Gasteiger partial charge >= 0.3 is 5.97 Å². The number of ether oxygens (including phenoxy) is 1. The van der Waals surface area contributed by atoms with E-state index in [0.29, 0.717) is 85.4 Å².